The molecule has 0 aromatic heterocycles. The maximum atomic E-state index is 12.8. The maximum Gasteiger partial charge on any atom is 0.377 e. The molecule has 0 fully saturated rings. The summed E-state index contributed by atoms with van der Waals surface area (Å²) in [5.41, 5.74) is 1.35. The fourth-order valence-corrected chi connectivity index (χ4v) is 3.62. The Hall–Kier alpha value is -3.46. The van der Waals surface area contributed by atoms with E-state index < -0.39 is 12.1 Å². The largest absolute Gasteiger partial charge is 0.460 e. The Kier molecular flexibility index (Phi) is 5.60. The number of anilines is 1. The zero-order chi connectivity index (χ0) is 22.1. The van der Waals surface area contributed by atoms with Crippen molar-refractivity contribution in [2.24, 2.45) is 5.10 Å². The minimum Gasteiger partial charge on any atom is -0.460 e. The number of ether oxygens (including phenoxy) is 3. The Bertz CT molecular complexity index is 1040. The molecule has 0 aliphatic carbocycles. The van der Waals surface area contributed by atoms with E-state index in [2.05, 4.69) is 5.10 Å². The third-order valence-electron chi connectivity index (χ3n) is 4.86. The number of hydrogen-bond donors (Lipinski definition) is 0. The summed E-state index contributed by atoms with van der Waals surface area (Å²) in [4.78, 5) is 25.3. The van der Waals surface area contributed by atoms with Gasteiger partial charge in [-0.1, -0.05) is 17.7 Å². The molecule has 0 N–H and O–H groups in total. The van der Waals surface area contributed by atoms with E-state index in [-0.39, 0.29) is 25.1 Å². The quantitative estimate of drug-likeness (QED) is 0.670. The van der Waals surface area contributed by atoms with Gasteiger partial charge in [0.1, 0.15) is 0 Å². The highest BCUT2D eigenvalue weighted by Crippen LogP contribution is 2.40. The fourth-order valence-electron chi connectivity index (χ4n) is 3.49. The monoisotopic (exact) mass is 444 g/mol. The molecule has 31 heavy (non-hydrogen) atoms. The third kappa shape index (κ3) is 3.84. The van der Waals surface area contributed by atoms with Gasteiger partial charge in [0.05, 0.1) is 12.3 Å². The Morgan fingerprint density at radius 3 is 2.55 bits per heavy atom. The minimum atomic E-state index is -0.698. The van der Waals surface area contributed by atoms with Crippen molar-refractivity contribution < 1.29 is 23.8 Å². The van der Waals surface area contributed by atoms with Gasteiger partial charge in [-0.2, -0.15) is 0 Å². The molecular formula is C21H21ClN4O5. The molecule has 0 spiro atoms. The summed E-state index contributed by atoms with van der Waals surface area (Å²) in [5, 5.41) is 9.53. The van der Waals surface area contributed by atoms with E-state index in [4.69, 9.17) is 25.8 Å². The number of halogens is 1. The predicted molar refractivity (Wildman–Crippen MR) is 114 cm³/mol. The molecule has 0 radical (unpaired) electrons. The number of carbonyl (C=O) groups is 2. The normalized spacial score (nSPS) is 17.5. The van der Waals surface area contributed by atoms with Crippen LogP contribution in [0, 0.1) is 0 Å². The Morgan fingerprint density at radius 1 is 1.16 bits per heavy atom. The molecule has 1 atom stereocenters. The van der Waals surface area contributed by atoms with Gasteiger partial charge in [0, 0.05) is 24.6 Å². The predicted octanol–water partition coefficient (Wildman–Crippen LogP) is 3.16. The van der Waals surface area contributed by atoms with Crippen molar-refractivity contribution in [2.75, 3.05) is 25.5 Å². The first kappa shape index (κ1) is 20.8. The highest BCUT2D eigenvalue weighted by atomic mass is 35.5. The van der Waals surface area contributed by atoms with Crippen molar-refractivity contribution in [1.29, 1.82) is 0 Å². The number of rotatable bonds is 4. The van der Waals surface area contributed by atoms with Crippen molar-refractivity contribution in [1.82, 2.24) is 10.0 Å². The summed E-state index contributed by atoms with van der Waals surface area (Å²) in [6.07, 6.45) is -0.698. The standard InChI is InChI=1S/C21H21ClN4O5/c1-4-29-21(28)19-23-25(16-8-6-15(22)7-9-16)20(26(13(2)27)24(19)3)14-5-10-17-18(11-14)31-12-30-17/h5-11,20H,4,12H2,1-3H3. The molecule has 2 aromatic carbocycles. The second-order valence-corrected chi connectivity index (χ2v) is 7.28. The summed E-state index contributed by atoms with van der Waals surface area (Å²) < 4.78 is 16.1. The molecular weight excluding hydrogens is 424 g/mol. The number of benzene rings is 2. The van der Waals surface area contributed by atoms with E-state index in [1.807, 2.05) is 6.07 Å². The SMILES string of the molecule is CCOC(=O)C1=NN(c2ccc(Cl)cc2)C(c2ccc3c(c2)OCO3)N(C(C)=O)N1C. The average molecular weight is 445 g/mol. The van der Waals surface area contributed by atoms with E-state index in [9.17, 15) is 9.59 Å². The van der Waals surface area contributed by atoms with Crippen LogP contribution in [0.1, 0.15) is 25.6 Å². The molecule has 2 aromatic rings. The van der Waals surface area contributed by atoms with E-state index in [0.717, 1.165) is 0 Å². The minimum absolute atomic E-state index is 0.0241. The van der Waals surface area contributed by atoms with Gasteiger partial charge in [0.25, 0.3) is 5.84 Å². The van der Waals surface area contributed by atoms with Crippen LogP contribution >= 0.6 is 11.6 Å². The highest BCUT2D eigenvalue weighted by Gasteiger charge is 2.41. The van der Waals surface area contributed by atoms with Gasteiger partial charge in [-0.25, -0.2) is 14.8 Å². The molecule has 2 heterocycles. The van der Waals surface area contributed by atoms with E-state index >= 15 is 0 Å². The van der Waals surface area contributed by atoms with E-state index in [0.29, 0.717) is 27.8 Å². The van der Waals surface area contributed by atoms with Crippen LogP contribution < -0.4 is 14.5 Å². The molecule has 162 valence electrons. The molecule has 0 saturated heterocycles. The Labute approximate surface area is 184 Å². The van der Waals surface area contributed by atoms with Gasteiger partial charge in [0.2, 0.25) is 12.7 Å². The number of fused-ring (bicyclic) bond motifs is 1. The fraction of sp³-hybridized carbons (Fsp3) is 0.286. The summed E-state index contributed by atoms with van der Waals surface area (Å²) in [7, 11) is 1.59. The lowest BCUT2D eigenvalue weighted by Gasteiger charge is -2.46. The number of nitrogens with zero attached hydrogens (tertiary/aromatic N) is 4. The van der Waals surface area contributed by atoms with Crippen LogP contribution in [0.3, 0.4) is 0 Å². The van der Waals surface area contributed by atoms with Gasteiger partial charge < -0.3 is 14.2 Å². The molecule has 1 unspecified atom stereocenters. The van der Waals surface area contributed by atoms with Crippen molar-refractivity contribution in [2.45, 2.75) is 20.0 Å². The summed E-state index contributed by atoms with van der Waals surface area (Å²) in [6, 6.07) is 12.4. The van der Waals surface area contributed by atoms with Crippen LogP contribution in [0.2, 0.25) is 5.02 Å². The van der Waals surface area contributed by atoms with E-state index in [1.54, 1.807) is 55.4 Å². The van der Waals surface area contributed by atoms with Crippen LogP contribution in [0.4, 0.5) is 5.69 Å². The van der Waals surface area contributed by atoms with Gasteiger partial charge in [0.15, 0.2) is 17.7 Å². The molecule has 2 aliphatic heterocycles. The first-order chi connectivity index (χ1) is 14.9. The molecule has 2 aliphatic rings. The number of hydrazine groups is 1. The molecule has 9 nitrogen and oxygen atoms in total. The smallest absolute Gasteiger partial charge is 0.377 e. The number of carbonyl (C=O) groups excluding carboxylic acids is 2. The molecule has 1 amide bonds. The van der Waals surface area contributed by atoms with Crippen LogP contribution in [0.25, 0.3) is 0 Å². The van der Waals surface area contributed by atoms with Crippen molar-refractivity contribution in [3.8, 4) is 11.5 Å². The first-order valence-electron chi connectivity index (χ1n) is 9.64. The lowest BCUT2D eigenvalue weighted by Crippen LogP contribution is -2.58. The molecule has 10 heteroatoms. The van der Waals surface area contributed by atoms with Gasteiger partial charge in [-0.3, -0.25) is 9.80 Å². The van der Waals surface area contributed by atoms with Gasteiger partial charge in [-0.15, -0.1) is 5.10 Å². The van der Waals surface area contributed by atoms with Crippen molar-refractivity contribution in [3.05, 3.63) is 53.1 Å². The topological polar surface area (TPSA) is 83.9 Å². The van der Waals surface area contributed by atoms with Crippen LogP contribution in [-0.2, 0) is 14.3 Å². The maximum absolute atomic E-state index is 12.8. The lowest BCUT2D eigenvalue weighted by atomic mass is 10.1. The highest BCUT2D eigenvalue weighted by molar-refractivity contribution is 6.35. The number of hydrazone groups is 1. The summed E-state index contributed by atoms with van der Waals surface area (Å²) >= 11 is 6.06. The number of hydrogen-bond acceptors (Lipinski definition) is 8. The number of amides is 1. The average Bonchev–Trinajstić information content (AvgIpc) is 3.21. The second-order valence-electron chi connectivity index (χ2n) is 6.84. The molecule has 0 saturated carbocycles. The number of esters is 1. The summed E-state index contributed by atoms with van der Waals surface area (Å²) in [6.45, 7) is 3.44. The van der Waals surface area contributed by atoms with Crippen molar-refractivity contribution in [3.63, 3.8) is 0 Å². The van der Waals surface area contributed by atoms with Crippen LogP contribution in [0.5, 0.6) is 11.5 Å². The Morgan fingerprint density at radius 2 is 1.87 bits per heavy atom. The second kappa shape index (κ2) is 8.35. The van der Waals surface area contributed by atoms with Crippen LogP contribution in [-0.4, -0.2) is 48.2 Å². The first-order valence-corrected chi connectivity index (χ1v) is 10.0. The number of likely N-dealkylation sites (N-methyl/N-ethyl adjacent to an activating group) is 1. The summed E-state index contributed by atoms with van der Waals surface area (Å²) in [5.74, 6) is 0.236. The van der Waals surface area contributed by atoms with Crippen LogP contribution in [0.15, 0.2) is 47.6 Å². The van der Waals surface area contributed by atoms with Gasteiger partial charge >= 0.3 is 5.97 Å². The number of amidine groups is 1. The zero-order valence-corrected chi connectivity index (χ0v) is 18.0. The zero-order valence-electron chi connectivity index (χ0n) is 17.2. The lowest BCUT2D eigenvalue weighted by molar-refractivity contribution is -0.147. The van der Waals surface area contributed by atoms with E-state index in [1.165, 1.54) is 16.9 Å². The van der Waals surface area contributed by atoms with Crippen molar-refractivity contribution >= 4 is 35.0 Å². The Balaban J connectivity index is 1.88. The molecule has 4 rings (SSSR count). The molecule has 0 bridgehead atoms. The van der Waals surface area contributed by atoms with Gasteiger partial charge in [-0.05, 0) is 43.3 Å². The third-order valence-corrected chi connectivity index (χ3v) is 5.11.